The Hall–Kier alpha value is -0.770. The molecule has 0 aromatic heterocycles. The molecular formula is C9H16N2O2. The predicted molar refractivity (Wildman–Crippen MR) is 48.7 cm³/mol. The van der Waals surface area contributed by atoms with Crippen LogP contribution >= 0.6 is 0 Å². The molecular weight excluding hydrogens is 168 g/mol. The third-order valence-corrected chi connectivity index (χ3v) is 3.29. The molecule has 74 valence electrons. The molecule has 0 radical (unpaired) electrons. The summed E-state index contributed by atoms with van der Waals surface area (Å²) in [6.45, 7) is 3.74. The zero-order valence-corrected chi connectivity index (χ0v) is 7.70. The van der Waals surface area contributed by atoms with Crippen LogP contribution in [0.2, 0.25) is 0 Å². The summed E-state index contributed by atoms with van der Waals surface area (Å²) in [7, 11) is 0. The molecule has 0 bridgehead atoms. The van der Waals surface area contributed by atoms with Gasteiger partial charge in [-0.15, -0.1) is 0 Å². The molecule has 0 unspecified atom stereocenters. The van der Waals surface area contributed by atoms with Gasteiger partial charge in [0.25, 0.3) is 0 Å². The highest BCUT2D eigenvalue weighted by Crippen LogP contribution is 2.27. The van der Waals surface area contributed by atoms with Gasteiger partial charge in [0.05, 0.1) is 0 Å². The smallest absolute Gasteiger partial charge is 0.407 e. The lowest BCUT2D eigenvalue weighted by atomic mass is 9.81. The Kier molecular flexibility index (Phi) is 2.40. The predicted octanol–water partition coefficient (Wildman–Crippen LogP) is 0.596. The second-order valence-corrected chi connectivity index (χ2v) is 4.03. The highest BCUT2D eigenvalue weighted by atomic mass is 16.4. The fourth-order valence-electron chi connectivity index (χ4n) is 2.21. The van der Waals surface area contributed by atoms with E-state index in [2.05, 4.69) is 5.32 Å². The molecule has 0 atom stereocenters. The molecule has 0 saturated carbocycles. The van der Waals surface area contributed by atoms with E-state index in [0.29, 0.717) is 0 Å². The van der Waals surface area contributed by atoms with Gasteiger partial charge in [0.2, 0.25) is 0 Å². The van der Waals surface area contributed by atoms with Crippen molar-refractivity contribution < 1.29 is 9.90 Å². The first-order chi connectivity index (χ1) is 6.27. The van der Waals surface area contributed by atoms with Crippen LogP contribution in [-0.2, 0) is 0 Å². The van der Waals surface area contributed by atoms with Crippen LogP contribution in [0.4, 0.5) is 4.79 Å². The summed E-state index contributed by atoms with van der Waals surface area (Å²) in [6, 6.07) is 0. The van der Waals surface area contributed by atoms with Gasteiger partial charge in [0, 0.05) is 13.1 Å². The topological polar surface area (TPSA) is 52.6 Å². The Labute approximate surface area is 77.9 Å². The molecule has 0 aromatic rings. The first-order valence-corrected chi connectivity index (χ1v) is 4.96. The van der Waals surface area contributed by atoms with Crippen molar-refractivity contribution in [1.29, 1.82) is 0 Å². The van der Waals surface area contributed by atoms with Crippen LogP contribution < -0.4 is 5.32 Å². The minimum atomic E-state index is -0.759. The largest absolute Gasteiger partial charge is 0.465 e. The fraction of sp³-hybridized carbons (Fsp3) is 0.889. The fourth-order valence-corrected chi connectivity index (χ4v) is 2.21. The normalized spacial score (nSPS) is 25.7. The van der Waals surface area contributed by atoms with Gasteiger partial charge in [-0.05, 0) is 37.8 Å². The van der Waals surface area contributed by atoms with Gasteiger partial charge in [-0.1, -0.05) is 0 Å². The van der Waals surface area contributed by atoms with Gasteiger partial charge in [-0.2, -0.15) is 0 Å². The molecule has 2 saturated heterocycles. The van der Waals surface area contributed by atoms with Crippen LogP contribution in [0.25, 0.3) is 0 Å². The lowest BCUT2D eigenvalue weighted by Gasteiger charge is -2.39. The summed E-state index contributed by atoms with van der Waals surface area (Å²) in [5.74, 6) is 1.58. The maximum atomic E-state index is 10.6. The van der Waals surface area contributed by atoms with Crippen molar-refractivity contribution in [3.63, 3.8) is 0 Å². The van der Waals surface area contributed by atoms with Crippen molar-refractivity contribution >= 4 is 6.09 Å². The molecule has 4 nitrogen and oxygen atoms in total. The summed E-state index contributed by atoms with van der Waals surface area (Å²) in [5.41, 5.74) is 0. The van der Waals surface area contributed by atoms with Crippen LogP contribution in [0.3, 0.4) is 0 Å². The van der Waals surface area contributed by atoms with Crippen molar-refractivity contribution in [1.82, 2.24) is 10.2 Å². The molecule has 4 heteroatoms. The number of hydrogen-bond donors (Lipinski definition) is 2. The van der Waals surface area contributed by atoms with Crippen molar-refractivity contribution in [2.45, 2.75) is 12.8 Å². The summed E-state index contributed by atoms with van der Waals surface area (Å²) in [6.07, 6.45) is 1.35. The summed E-state index contributed by atoms with van der Waals surface area (Å²) in [4.78, 5) is 12.2. The molecule has 0 aromatic carbocycles. The standard InChI is InChI=1S/C9H16N2O2/c12-9(13)11-3-1-7(2-4-11)8-5-10-6-8/h7-8,10H,1-6H2,(H,12,13). The highest BCUT2D eigenvalue weighted by molar-refractivity contribution is 5.64. The van der Waals surface area contributed by atoms with Gasteiger partial charge >= 0.3 is 6.09 Å². The Morgan fingerprint density at radius 2 is 1.85 bits per heavy atom. The van der Waals surface area contributed by atoms with Crippen LogP contribution in [0, 0.1) is 11.8 Å². The number of carboxylic acid groups (broad SMARTS) is 1. The maximum Gasteiger partial charge on any atom is 0.407 e. The van der Waals surface area contributed by atoms with Gasteiger partial charge in [-0.3, -0.25) is 0 Å². The lowest BCUT2D eigenvalue weighted by Crippen LogP contribution is -2.49. The molecule has 2 rings (SSSR count). The van der Waals surface area contributed by atoms with Crippen LogP contribution in [0.15, 0.2) is 0 Å². The number of carbonyl (C=O) groups is 1. The highest BCUT2D eigenvalue weighted by Gasteiger charge is 2.31. The first kappa shape index (κ1) is 8.81. The SMILES string of the molecule is O=C(O)N1CCC(C2CNC2)CC1. The molecule has 2 aliphatic heterocycles. The van der Waals surface area contributed by atoms with E-state index in [0.717, 1.165) is 50.9 Å². The Morgan fingerprint density at radius 1 is 1.23 bits per heavy atom. The minimum absolute atomic E-state index is 0.733. The van der Waals surface area contributed by atoms with Crippen LogP contribution in [0.1, 0.15) is 12.8 Å². The average molecular weight is 184 g/mol. The summed E-state index contributed by atoms with van der Waals surface area (Å²) >= 11 is 0. The average Bonchev–Trinajstić information content (AvgIpc) is 2.02. The Bertz CT molecular complexity index is 196. The second-order valence-electron chi connectivity index (χ2n) is 4.03. The number of likely N-dealkylation sites (tertiary alicyclic amines) is 1. The molecule has 2 heterocycles. The molecule has 1 amide bonds. The van der Waals surface area contributed by atoms with Crippen LogP contribution in [0.5, 0.6) is 0 Å². The van der Waals surface area contributed by atoms with E-state index in [9.17, 15) is 4.79 Å². The lowest BCUT2D eigenvalue weighted by molar-refractivity contribution is 0.101. The molecule has 13 heavy (non-hydrogen) atoms. The van der Waals surface area contributed by atoms with Gasteiger partial charge in [-0.25, -0.2) is 4.79 Å². The summed E-state index contributed by atoms with van der Waals surface area (Å²) < 4.78 is 0. The quantitative estimate of drug-likeness (QED) is 0.627. The minimum Gasteiger partial charge on any atom is -0.465 e. The van der Waals surface area contributed by atoms with Gasteiger partial charge in [0.1, 0.15) is 0 Å². The van der Waals surface area contributed by atoms with E-state index in [1.807, 2.05) is 0 Å². The Morgan fingerprint density at radius 3 is 2.23 bits per heavy atom. The molecule has 2 aliphatic rings. The monoisotopic (exact) mass is 184 g/mol. The maximum absolute atomic E-state index is 10.6. The van der Waals surface area contributed by atoms with E-state index >= 15 is 0 Å². The number of nitrogens with zero attached hydrogens (tertiary/aromatic N) is 1. The third-order valence-electron chi connectivity index (χ3n) is 3.29. The van der Waals surface area contributed by atoms with Gasteiger partial charge < -0.3 is 15.3 Å². The second kappa shape index (κ2) is 3.54. The van der Waals surface area contributed by atoms with E-state index in [1.165, 1.54) is 4.90 Å². The van der Waals surface area contributed by atoms with Crippen LogP contribution in [-0.4, -0.2) is 42.3 Å². The number of piperidine rings is 1. The first-order valence-electron chi connectivity index (χ1n) is 4.96. The zero-order chi connectivity index (χ0) is 9.26. The molecule has 0 spiro atoms. The third kappa shape index (κ3) is 1.77. The number of rotatable bonds is 1. The van der Waals surface area contributed by atoms with Crippen molar-refractivity contribution in [2.24, 2.45) is 11.8 Å². The zero-order valence-electron chi connectivity index (χ0n) is 7.70. The molecule has 2 fully saturated rings. The number of amides is 1. The van der Waals surface area contributed by atoms with Crippen molar-refractivity contribution in [3.05, 3.63) is 0 Å². The van der Waals surface area contributed by atoms with Crippen molar-refractivity contribution in [2.75, 3.05) is 26.2 Å². The number of hydrogen-bond acceptors (Lipinski definition) is 2. The Balaban J connectivity index is 1.78. The van der Waals surface area contributed by atoms with Crippen molar-refractivity contribution in [3.8, 4) is 0 Å². The molecule has 0 aliphatic carbocycles. The van der Waals surface area contributed by atoms with E-state index in [1.54, 1.807) is 0 Å². The summed E-state index contributed by atoms with van der Waals surface area (Å²) in [5, 5.41) is 12.0. The van der Waals surface area contributed by atoms with E-state index < -0.39 is 6.09 Å². The van der Waals surface area contributed by atoms with E-state index in [4.69, 9.17) is 5.11 Å². The van der Waals surface area contributed by atoms with Gasteiger partial charge in [0.15, 0.2) is 0 Å². The number of nitrogens with one attached hydrogen (secondary N) is 1. The molecule has 2 N–H and O–H groups in total. The van der Waals surface area contributed by atoms with E-state index in [-0.39, 0.29) is 0 Å².